The van der Waals surface area contributed by atoms with E-state index < -0.39 is 11.4 Å². The molecule has 0 spiro atoms. The molecule has 0 bridgehead atoms. The van der Waals surface area contributed by atoms with Crippen molar-refractivity contribution in [1.82, 2.24) is 9.55 Å². The van der Waals surface area contributed by atoms with Gasteiger partial charge in [0.15, 0.2) is 5.82 Å². The topological polar surface area (TPSA) is 55.1 Å². The fourth-order valence-electron chi connectivity index (χ4n) is 2.10. The number of aromatic nitrogens is 2. The van der Waals surface area contributed by atoms with Crippen molar-refractivity contribution in [3.8, 4) is 0 Å². The van der Waals surface area contributed by atoms with Gasteiger partial charge in [-0.15, -0.1) is 0 Å². The van der Waals surface area contributed by atoms with Gasteiger partial charge in [0.25, 0.3) is 5.56 Å². The smallest absolute Gasteiger partial charge is 0.261 e. The molecule has 108 valence electrons. The molecule has 20 heavy (non-hydrogen) atoms. The molecule has 0 radical (unpaired) electrons. The molecule has 1 aromatic heterocycles. The number of fused-ring (bicyclic) bond motifs is 1. The fraction of sp³-hybridized carbons (Fsp3) is 0.429. The maximum atomic E-state index is 13.7. The molecule has 0 aliphatic rings. The van der Waals surface area contributed by atoms with Crippen LogP contribution in [-0.4, -0.2) is 20.3 Å². The van der Waals surface area contributed by atoms with Gasteiger partial charge in [-0.05, 0) is 25.0 Å². The van der Waals surface area contributed by atoms with E-state index >= 15 is 0 Å². The number of halogens is 2. The second-order valence-corrected chi connectivity index (χ2v) is 5.81. The van der Waals surface area contributed by atoms with E-state index in [-0.39, 0.29) is 23.0 Å². The zero-order valence-electron chi connectivity index (χ0n) is 11.4. The lowest BCUT2D eigenvalue weighted by Gasteiger charge is -2.25. The first-order valence-corrected chi connectivity index (χ1v) is 7.26. The summed E-state index contributed by atoms with van der Waals surface area (Å²) in [7, 11) is 0. The van der Waals surface area contributed by atoms with E-state index in [9.17, 15) is 14.3 Å². The number of hydrogen-bond acceptors (Lipinski definition) is 3. The highest BCUT2D eigenvalue weighted by Crippen LogP contribution is 2.20. The molecular weight excluding hydrogens is 327 g/mol. The lowest BCUT2D eigenvalue weighted by Crippen LogP contribution is -2.37. The average molecular weight is 343 g/mol. The first kappa shape index (κ1) is 15.1. The quantitative estimate of drug-likeness (QED) is 0.929. The summed E-state index contributed by atoms with van der Waals surface area (Å²) in [6.07, 6.45) is 2.35. The molecule has 0 aliphatic carbocycles. The number of hydrogen-bond donors (Lipinski definition) is 1. The third-order valence-corrected chi connectivity index (χ3v) is 4.08. The average Bonchev–Trinajstić information content (AvgIpc) is 2.42. The third-order valence-electron chi connectivity index (χ3n) is 3.63. The number of aliphatic hydroxyl groups is 1. The van der Waals surface area contributed by atoms with Gasteiger partial charge in [-0.1, -0.05) is 29.8 Å². The van der Waals surface area contributed by atoms with Crippen LogP contribution in [0.2, 0.25) is 0 Å². The van der Waals surface area contributed by atoms with E-state index in [4.69, 9.17) is 0 Å². The van der Waals surface area contributed by atoms with Gasteiger partial charge >= 0.3 is 0 Å². The summed E-state index contributed by atoms with van der Waals surface area (Å²) < 4.78 is 15.6. The van der Waals surface area contributed by atoms with Crippen molar-refractivity contribution >= 4 is 26.8 Å². The molecule has 0 aliphatic heterocycles. The van der Waals surface area contributed by atoms with Crippen LogP contribution in [0.4, 0.5) is 4.39 Å². The third kappa shape index (κ3) is 2.76. The van der Waals surface area contributed by atoms with Crippen LogP contribution in [-0.2, 0) is 6.54 Å². The van der Waals surface area contributed by atoms with Crippen LogP contribution in [0, 0.1) is 5.82 Å². The van der Waals surface area contributed by atoms with E-state index in [0.29, 0.717) is 17.3 Å². The Kier molecular flexibility index (Phi) is 4.25. The Morgan fingerprint density at radius 3 is 2.65 bits per heavy atom. The molecule has 0 fully saturated rings. The molecule has 0 atom stereocenters. The summed E-state index contributed by atoms with van der Waals surface area (Å²) in [5.74, 6) is -0.542. The molecule has 0 saturated carbocycles. The number of rotatable bonds is 4. The van der Waals surface area contributed by atoms with Gasteiger partial charge in [0, 0.05) is 4.47 Å². The van der Waals surface area contributed by atoms with Crippen molar-refractivity contribution in [3.05, 3.63) is 39.1 Å². The van der Waals surface area contributed by atoms with Crippen molar-refractivity contribution in [2.24, 2.45) is 0 Å². The Hall–Kier alpha value is -1.27. The second-order valence-electron chi connectivity index (χ2n) is 4.89. The molecule has 1 aromatic carbocycles. The minimum Gasteiger partial charge on any atom is -0.388 e. The maximum Gasteiger partial charge on any atom is 0.261 e. The summed E-state index contributed by atoms with van der Waals surface area (Å²) in [5, 5.41) is 10.5. The Morgan fingerprint density at radius 2 is 2.05 bits per heavy atom. The standard InChI is InChI=1S/C14H16BrFN2O2/c1-3-14(20,4-2)7-18-8-17-12-10(13(18)19)5-9(15)6-11(12)16/h5-6,8,20H,3-4,7H2,1-2H3. The van der Waals surface area contributed by atoms with Crippen LogP contribution >= 0.6 is 15.9 Å². The Bertz CT molecular complexity index is 695. The van der Waals surface area contributed by atoms with Crippen LogP contribution < -0.4 is 5.56 Å². The SMILES string of the molecule is CCC(O)(CC)Cn1cnc2c(F)cc(Br)cc2c1=O. The van der Waals surface area contributed by atoms with Crippen molar-refractivity contribution in [3.63, 3.8) is 0 Å². The fourth-order valence-corrected chi connectivity index (χ4v) is 2.53. The zero-order chi connectivity index (χ0) is 14.9. The normalized spacial score (nSPS) is 12.1. The van der Waals surface area contributed by atoms with Gasteiger partial charge < -0.3 is 5.11 Å². The number of nitrogens with zero attached hydrogens (tertiary/aromatic N) is 2. The van der Waals surface area contributed by atoms with E-state index in [1.807, 2.05) is 13.8 Å². The van der Waals surface area contributed by atoms with Gasteiger partial charge in [-0.2, -0.15) is 0 Å². The van der Waals surface area contributed by atoms with Crippen molar-refractivity contribution in [2.75, 3.05) is 0 Å². The Labute approximate surface area is 124 Å². The van der Waals surface area contributed by atoms with Crippen molar-refractivity contribution < 1.29 is 9.50 Å². The van der Waals surface area contributed by atoms with Gasteiger partial charge in [-0.25, -0.2) is 9.37 Å². The summed E-state index contributed by atoms with van der Waals surface area (Å²) >= 11 is 3.17. The first-order chi connectivity index (χ1) is 9.40. The summed E-state index contributed by atoms with van der Waals surface area (Å²) in [4.78, 5) is 16.4. The molecule has 0 saturated heterocycles. The minimum atomic E-state index is -0.955. The highest BCUT2D eigenvalue weighted by atomic mass is 79.9. The van der Waals surface area contributed by atoms with E-state index in [1.165, 1.54) is 17.0 Å². The molecule has 2 rings (SSSR count). The minimum absolute atomic E-state index is 0.0472. The molecular formula is C14H16BrFN2O2. The highest BCUT2D eigenvalue weighted by molar-refractivity contribution is 9.10. The van der Waals surface area contributed by atoms with Gasteiger partial charge in [0.05, 0.1) is 23.9 Å². The van der Waals surface area contributed by atoms with Crippen LogP contribution in [0.5, 0.6) is 0 Å². The maximum absolute atomic E-state index is 13.7. The Morgan fingerprint density at radius 1 is 1.40 bits per heavy atom. The lowest BCUT2D eigenvalue weighted by atomic mass is 9.97. The molecule has 1 N–H and O–H groups in total. The van der Waals surface area contributed by atoms with Crippen LogP contribution in [0.15, 0.2) is 27.7 Å². The zero-order valence-corrected chi connectivity index (χ0v) is 12.9. The molecule has 1 heterocycles. The van der Waals surface area contributed by atoms with Crippen molar-refractivity contribution in [1.29, 1.82) is 0 Å². The molecule has 6 heteroatoms. The molecule has 4 nitrogen and oxygen atoms in total. The first-order valence-electron chi connectivity index (χ1n) is 6.47. The largest absolute Gasteiger partial charge is 0.388 e. The number of benzene rings is 1. The summed E-state index contributed by atoms with van der Waals surface area (Å²) in [5.41, 5.74) is -1.26. The molecule has 2 aromatic rings. The van der Waals surface area contributed by atoms with Crippen LogP contribution in [0.3, 0.4) is 0 Å². The summed E-state index contributed by atoms with van der Waals surface area (Å²) in [6, 6.07) is 2.81. The second kappa shape index (κ2) is 5.61. The monoisotopic (exact) mass is 342 g/mol. The van der Waals surface area contributed by atoms with E-state index in [1.54, 1.807) is 6.07 Å². The summed E-state index contributed by atoms with van der Waals surface area (Å²) in [6.45, 7) is 3.87. The highest BCUT2D eigenvalue weighted by Gasteiger charge is 2.24. The van der Waals surface area contributed by atoms with Crippen LogP contribution in [0.1, 0.15) is 26.7 Å². The Balaban J connectivity index is 2.58. The van der Waals surface area contributed by atoms with Gasteiger partial charge in [0.2, 0.25) is 0 Å². The van der Waals surface area contributed by atoms with E-state index in [2.05, 4.69) is 20.9 Å². The van der Waals surface area contributed by atoms with Gasteiger partial charge in [0.1, 0.15) is 5.52 Å². The van der Waals surface area contributed by atoms with Gasteiger partial charge in [-0.3, -0.25) is 9.36 Å². The lowest BCUT2D eigenvalue weighted by molar-refractivity contribution is 0.0140. The van der Waals surface area contributed by atoms with E-state index in [0.717, 1.165) is 0 Å². The predicted molar refractivity (Wildman–Crippen MR) is 79.2 cm³/mol. The predicted octanol–water partition coefficient (Wildman–Crippen LogP) is 2.85. The molecule has 0 unspecified atom stereocenters. The van der Waals surface area contributed by atoms with Crippen LogP contribution in [0.25, 0.3) is 10.9 Å². The molecule has 0 amide bonds. The van der Waals surface area contributed by atoms with Crippen molar-refractivity contribution in [2.45, 2.75) is 38.8 Å².